The molecule has 5 heteroatoms. The van der Waals surface area contributed by atoms with E-state index in [0.29, 0.717) is 0 Å². The number of rotatable bonds is 7. The van der Waals surface area contributed by atoms with E-state index in [0.717, 1.165) is 43.6 Å². The summed E-state index contributed by atoms with van der Waals surface area (Å²) in [6.07, 6.45) is 4.71. The monoisotopic (exact) mass is 297 g/mol. The molecule has 116 valence electrons. The van der Waals surface area contributed by atoms with Crippen LogP contribution >= 0.6 is 0 Å². The number of benzene rings is 1. The van der Waals surface area contributed by atoms with E-state index in [9.17, 15) is 8.78 Å². The molecule has 3 nitrogen and oxygen atoms in total. The van der Waals surface area contributed by atoms with Crippen molar-refractivity contribution in [3.05, 3.63) is 41.7 Å². The molecule has 1 aliphatic rings. The number of nitrogens with one attached hydrogen (secondary N) is 1. The van der Waals surface area contributed by atoms with E-state index in [-0.39, 0.29) is 11.8 Å². The van der Waals surface area contributed by atoms with Gasteiger partial charge in [0.1, 0.15) is 5.75 Å². The Kier molecular flexibility index (Phi) is 5.99. The minimum Gasteiger partial charge on any atom is -0.501 e. The molecule has 0 bridgehead atoms. The highest BCUT2D eigenvalue weighted by Gasteiger charge is 2.19. The van der Waals surface area contributed by atoms with Crippen LogP contribution in [0.5, 0.6) is 5.75 Å². The third-order valence-electron chi connectivity index (χ3n) is 3.35. The van der Waals surface area contributed by atoms with Gasteiger partial charge in [0.25, 0.3) is 0 Å². The zero-order chi connectivity index (χ0) is 15.1. The minimum absolute atomic E-state index is 0.0218. The van der Waals surface area contributed by atoms with Crippen LogP contribution < -0.4 is 10.1 Å². The van der Waals surface area contributed by atoms with Gasteiger partial charge in [0.2, 0.25) is 0 Å². The van der Waals surface area contributed by atoms with Crippen LogP contribution in [0.4, 0.5) is 8.78 Å². The van der Waals surface area contributed by atoms with Crippen molar-refractivity contribution in [1.29, 1.82) is 0 Å². The molecule has 0 fully saturated rings. The van der Waals surface area contributed by atoms with Crippen molar-refractivity contribution in [2.45, 2.75) is 38.8 Å². The Balaban J connectivity index is 2.20. The predicted octanol–water partition coefficient (Wildman–Crippen LogP) is 4.02. The smallest absolute Gasteiger partial charge is 0.387 e. The number of halogens is 2. The van der Waals surface area contributed by atoms with Crippen LogP contribution in [-0.4, -0.2) is 19.8 Å². The fourth-order valence-corrected chi connectivity index (χ4v) is 2.42. The summed E-state index contributed by atoms with van der Waals surface area (Å²) >= 11 is 0. The molecule has 1 atom stereocenters. The van der Waals surface area contributed by atoms with E-state index in [1.54, 1.807) is 18.4 Å². The molecule has 21 heavy (non-hydrogen) atoms. The highest BCUT2D eigenvalue weighted by Crippen LogP contribution is 2.30. The van der Waals surface area contributed by atoms with Crippen molar-refractivity contribution in [3.8, 4) is 5.75 Å². The largest absolute Gasteiger partial charge is 0.501 e. The summed E-state index contributed by atoms with van der Waals surface area (Å²) in [5.41, 5.74) is 2.06. The number of ether oxygens (including phenoxy) is 2. The Bertz CT molecular complexity index is 477. The van der Waals surface area contributed by atoms with Crippen molar-refractivity contribution in [2.24, 2.45) is 0 Å². The summed E-state index contributed by atoms with van der Waals surface area (Å²) in [5, 5.41) is 3.44. The summed E-state index contributed by atoms with van der Waals surface area (Å²) in [4.78, 5) is 0. The summed E-state index contributed by atoms with van der Waals surface area (Å²) in [7, 11) is 0. The third-order valence-corrected chi connectivity index (χ3v) is 3.35. The van der Waals surface area contributed by atoms with Gasteiger partial charge in [-0.2, -0.15) is 8.78 Å². The van der Waals surface area contributed by atoms with Crippen molar-refractivity contribution in [1.82, 2.24) is 5.32 Å². The molecule has 1 aliphatic heterocycles. The fourth-order valence-electron chi connectivity index (χ4n) is 2.42. The Morgan fingerprint density at radius 2 is 2.24 bits per heavy atom. The first-order chi connectivity index (χ1) is 10.2. The molecule has 0 aromatic heterocycles. The molecule has 1 aromatic rings. The molecular weight excluding hydrogens is 276 g/mol. The van der Waals surface area contributed by atoms with Gasteiger partial charge in [-0.1, -0.05) is 19.1 Å². The first-order valence-corrected chi connectivity index (χ1v) is 7.29. The van der Waals surface area contributed by atoms with Crippen molar-refractivity contribution in [2.75, 3.05) is 13.2 Å². The van der Waals surface area contributed by atoms with Gasteiger partial charge in [-0.3, -0.25) is 0 Å². The molecular formula is C16H21F2NO2. The van der Waals surface area contributed by atoms with Crippen molar-refractivity contribution >= 4 is 0 Å². The third kappa shape index (κ3) is 4.70. The second-order valence-corrected chi connectivity index (χ2v) is 5.01. The molecule has 0 radical (unpaired) electrons. The zero-order valence-corrected chi connectivity index (χ0v) is 12.1. The topological polar surface area (TPSA) is 30.5 Å². The molecule has 1 aromatic carbocycles. The second kappa shape index (κ2) is 7.98. The molecule has 2 rings (SSSR count). The quantitative estimate of drug-likeness (QED) is 0.824. The van der Waals surface area contributed by atoms with Crippen LogP contribution in [0, 0.1) is 0 Å². The summed E-state index contributed by atoms with van der Waals surface area (Å²) < 4.78 is 34.6. The van der Waals surface area contributed by atoms with Gasteiger partial charge in [-0.05, 0) is 49.1 Å². The van der Waals surface area contributed by atoms with Crippen LogP contribution in [0.25, 0.3) is 0 Å². The lowest BCUT2D eigenvalue weighted by molar-refractivity contribution is -0.0499. The number of hydrogen-bond donors (Lipinski definition) is 1. The normalized spacial score (nSPS) is 16.3. The average molecular weight is 297 g/mol. The molecule has 1 unspecified atom stereocenters. The predicted molar refractivity (Wildman–Crippen MR) is 77.4 cm³/mol. The molecule has 0 saturated carbocycles. The molecule has 1 heterocycles. The maximum Gasteiger partial charge on any atom is 0.387 e. The highest BCUT2D eigenvalue weighted by molar-refractivity contribution is 5.35. The lowest BCUT2D eigenvalue weighted by Crippen LogP contribution is -2.25. The van der Waals surface area contributed by atoms with Crippen molar-refractivity contribution in [3.63, 3.8) is 0 Å². The lowest BCUT2D eigenvalue weighted by Gasteiger charge is -2.25. The average Bonchev–Trinajstić information content (AvgIpc) is 2.48. The summed E-state index contributed by atoms with van der Waals surface area (Å²) in [6.45, 7) is 0.867. The van der Waals surface area contributed by atoms with E-state index < -0.39 is 6.61 Å². The Morgan fingerprint density at radius 3 is 2.90 bits per heavy atom. The maximum absolute atomic E-state index is 12.3. The highest BCUT2D eigenvalue weighted by atomic mass is 19.3. The van der Waals surface area contributed by atoms with E-state index in [1.807, 2.05) is 6.07 Å². The van der Waals surface area contributed by atoms with Crippen LogP contribution in [0.3, 0.4) is 0 Å². The zero-order valence-electron chi connectivity index (χ0n) is 12.1. The van der Waals surface area contributed by atoms with E-state index in [4.69, 9.17) is 4.74 Å². The fraction of sp³-hybridized carbons (Fsp3) is 0.500. The van der Waals surface area contributed by atoms with E-state index in [1.165, 1.54) is 6.07 Å². The Hall–Kier alpha value is -1.62. The standard InChI is InChI=1S/C16H21F2NO2/c1-2-8-19-15(13-6-4-9-20-11-13)12-5-3-7-14(10-12)21-16(17)18/h3,5,7,10-11,15-16,19H,2,4,6,8-9H2,1H3. The van der Waals surface area contributed by atoms with Gasteiger partial charge < -0.3 is 14.8 Å². The van der Waals surface area contributed by atoms with E-state index >= 15 is 0 Å². The second-order valence-electron chi connectivity index (χ2n) is 5.01. The molecule has 0 saturated heterocycles. The van der Waals surface area contributed by atoms with Crippen LogP contribution in [0.2, 0.25) is 0 Å². The first-order valence-electron chi connectivity index (χ1n) is 7.29. The molecule has 0 spiro atoms. The number of hydrogen-bond acceptors (Lipinski definition) is 3. The van der Waals surface area contributed by atoms with Gasteiger partial charge in [-0.25, -0.2) is 0 Å². The van der Waals surface area contributed by atoms with Crippen LogP contribution in [-0.2, 0) is 4.74 Å². The van der Waals surface area contributed by atoms with E-state index in [2.05, 4.69) is 17.0 Å². The van der Waals surface area contributed by atoms with Gasteiger partial charge in [0.05, 0.1) is 18.9 Å². The van der Waals surface area contributed by atoms with Crippen molar-refractivity contribution < 1.29 is 18.3 Å². The van der Waals surface area contributed by atoms with Crippen LogP contribution in [0.1, 0.15) is 37.8 Å². The lowest BCUT2D eigenvalue weighted by atomic mass is 9.95. The molecule has 0 amide bonds. The van der Waals surface area contributed by atoms with Crippen LogP contribution in [0.15, 0.2) is 36.1 Å². The Morgan fingerprint density at radius 1 is 1.38 bits per heavy atom. The summed E-state index contributed by atoms with van der Waals surface area (Å²) in [6, 6.07) is 6.83. The summed E-state index contributed by atoms with van der Waals surface area (Å²) in [5.74, 6) is 0.183. The first kappa shape index (κ1) is 15.8. The maximum atomic E-state index is 12.3. The Labute approximate surface area is 123 Å². The van der Waals surface area contributed by atoms with Gasteiger partial charge in [0, 0.05) is 0 Å². The van der Waals surface area contributed by atoms with Gasteiger partial charge in [-0.15, -0.1) is 0 Å². The number of alkyl halides is 2. The van der Waals surface area contributed by atoms with Gasteiger partial charge >= 0.3 is 6.61 Å². The SMILES string of the molecule is CCCNC(C1=COCCC1)c1cccc(OC(F)F)c1. The molecule has 0 aliphatic carbocycles. The molecule has 1 N–H and O–H groups in total. The van der Waals surface area contributed by atoms with Gasteiger partial charge in [0.15, 0.2) is 0 Å². The minimum atomic E-state index is -2.81.